The van der Waals surface area contributed by atoms with Crippen molar-refractivity contribution < 1.29 is 4.92 Å². The van der Waals surface area contributed by atoms with Crippen LogP contribution in [0.4, 0.5) is 5.69 Å². The van der Waals surface area contributed by atoms with Crippen LogP contribution >= 0.6 is 11.8 Å². The van der Waals surface area contributed by atoms with Gasteiger partial charge in [-0.25, -0.2) is 4.68 Å². The van der Waals surface area contributed by atoms with Crippen molar-refractivity contribution in [2.24, 2.45) is 0 Å². The van der Waals surface area contributed by atoms with E-state index in [0.717, 1.165) is 16.9 Å². The molecule has 3 aromatic rings. The molecule has 24 heavy (non-hydrogen) atoms. The number of benzene rings is 2. The molecular formula is C18H15N3O2S. The molecule has 0 radical (unpaired) electrons. The fourth-order valence-electron chi connectivity index (χ4n) is 2.19. The fourth-order valence-corrected chi connectivity index (χ4v) is 2.60. The first-order chi connectivity index (χ1) is 11.7. The van der Waals surface area contributed by atoms with Crippen molar-refractivity contribution in [3.05, 3.63) is 82.2 Å². The number of thioether (sulfide) groups is 1. The molecule has 1 heterocycles. The second kappa shape index (κ2) is 7.14. The summed E-state index contributed by atoms with van der Waals surface area (Å²) in [4.78, 5) is 11.5. The van der Waals surface area contributed by atoms with Crippen LogP contribution in [0.3, 0.4) is 0 Å². The minimum absolute atomic E-state index is 0.0692. The minimum Gasteiger partial charge on any atom is -0.258 e. The van der Waals surface area contributed by atoms with Crippen molar-refractivity contribution in [2.75, 3.05) is 6.26 Å². The lowest BCUT2D eigenvalue weighted by atomic mass is 10.2. The topological polar surface area (TPSA) is 61.0 Å². The van der Waals surface area contributed by atoms with Crippen LogP contribution in [0, 0.1) is 10.1 Å². The van der Waals surface area contributed by atoms with E-state index in [0.29, 0.717) is 0 Å². The van der Waals surface area contributed by atoms with Crippen molar-refractivity contribution in [3.63, 3.8) is 0 Å². The number of nitro groups is 1. The number of hydrogen-bond acceptors (Lipinski definition) is 4. The Morgan fingerprint density at radius 1 is 1.04 bits per heavy atom. The highest BCUT2D eigenvalue weighted by atomic mass is 32.2. The largest absolute Gasteiger partial charge is 0.269 e. The van der Waals surface area contributed by atoms with Gasteiger partial charge in [-0.05, 0) is 48.2 Å². The van der Waals surface area contributed by atoms with Gasteiger partial charge in [0.25, 0.3) is 5.69 Å². The molecule has 5 nitrogen and oxygen atoms in total. The molecule has 0 N–H and O–H groups in total. The molecule has 0 spiro atoms. The van der Waals surface area contributed by atoms with E-state index >= 15 is 0 Å². The Hall–Kier alpha value is -2.86. The summed E-state index contributed by atoms with van der Waals surface area (Å²) in [5.41, 5.74) is 2.78. The first-order valence-corrected chi connectivity index (χ1v) is 8.51. The molecule has 0 aliphatic heterocycles. The minimum atomic E-state index is -0.413. The fraction of sp³-hybridized carbons (Fsp3) is 0.0556. The van der Waals surface area contributed by atoms with Gasteiger partial charge in [0.05, 0.1) is 16.3 Å². The lowest BCUT2D eigenvalue weighted by Crippen LogP contribution is -1.95. The first-order valence-electron chi connectivity index (χ1n) is 7.28. The maximum absolute atomic E-state index is 10.7. The molecule has 0 amide bonds. The monoisotopic (exact) mass is 337 g/mol. The third-order valence-corrected chi connectivity index (χ3v) is 4.24. The smallest absolute Gasteiger partial charge is 0.258 e. The molecule has 0 bridgehead atoms. The van der Waals surface area contributed by atoms with Crippen molar-refractivity contribution in [2.45, 2.75) is 4.90 Å². The summed E-state index contributed by atoms with van der Waals surface area (Å²) in [7, 11) is 0. The molecule has 0 aliphatic rings. The second-order valence-corrected chi connectivity index (χ2v) is 5.94. The van der Waals surface area contributed by atoms with Gasteiger partial charge in [-0.1, -0.05) is 18.2 Å². The van der Waals surface area contributed by atoms with Gasteiger partial charge >= 0.3 is 0 Å². The van der Waals surface area contributed by atoms with E-state index in [4.69, 9.17) is 0 Å². The lowest BCUT2D eigenvalue weighted by molar-refractivity contribution is -0.384. The highest BCUT2D eigenvalue weighted by Crippen LogP contribution is 2.17. The SMILES string of the molecule is CSc1ccc(/C=C/c2ccn(-c3ccc([N+](=O)[O-])cc3)n2)cc1. The second-order valence-electron chi connectivity index (χ2n) is 5.07. The van der Waals surface area contributed by atoms with Gasteiger partial charge in [-0.3, -0.25) is 10.1 Å². The van der Waals surface area contributed by atoms with Crippen LogP contribution in [0.15, 0.2) is 65.7 Å². The molecule has 0 aliphatic carbocycles. The Bertz CT molecular complexity index is 868. The molecule has 0 fully saturated rings. The summed E-state index contributed by atoms with van der Waals surface area (Å²) >= 11 is 1.71. The van der Waals surface area contributed by atoms with E-state index in [-0.39, 0.29) is 5.69 Å². The van der Waals surface area contributed by atoms with E-state index in [1.165, 1.54) is 17.0 Å². The van der Waals surface area contributed by atoms with E-state index in [2.05, 4.69) is 35.6 Å². The Kier molecular flexibility index (Phi) is 4.77. The molecule has 3 rings (SSSR count). The third-order valence-electron chi connectivity index (χ3n) is 3.50. The van der Waals surface area contributed by atoms with Gasteiger partial charge in [0.1, 0.15) is 0 Å². The number of aromatic nitrogens is 2. The molecule has 0 saturated heterocycles. The zero-order chi connectivity index (χ0) is 16.9. The lowest BCUT2D eigenvalue weighted by Gasteiger charge is -2.00. The van der Waals surface area contributed by atoms with Gasteiger partial charge in [-0.15, -0.1) is 11.8 Å². The zero-order valence-electron chi connectivity index (χ0n) is 13.0. The van der Waals surface area contributed by atoms with Crippen LogP contribution in [-0.4, -0.2) is 21.0 Å². The van der Waals surface area contributed by atoms with Crippen molar-refractivity contribution in [1.29, 1.82) is 0 Å². The van der Waals surface area contributed by atoms with Crippen molar-refractivity contribution >= 4 is 29.6 Å². The van der Waals surface area contributed by atoms with E-state index in [1.54, 1.807) is 28.6 Å². The number of nitro benzene ring substituents is 1. The maximum atomic E-state index is 10.7. The molecule has 0 saturated carbocycles. The van der Waals surface area contributed by atoms with Gasteiger partial charge in [-0.2, -0.15) is 5.10 Å². The number of non-ortho nitro benzene ring substituents is 1. The summed E-state index contributed by atoms with van der Waals surface area (Å²) in [6.45, 7) is 0. The third kappa shape index (κ3) is 3.72. The van der Waals surface area contributed by atoms with Crippen LogP contribution in [-0.2, 0) is 0 Å². The van der Waals surface area contributed by atoms with Crippen LogP contribution < -0.4 is 0 Å². The standard InChI is InChI=1S/C18H15N3O2S/c1-24-18-10-3-14(4-11-18)2-5-15-12-13-20(19-15)16-6-8-17(9-7-16)21(22)23/h2-13H,1H3/b5-2+. The van der Waals surface area contributed by atoms with Gasteiger partial charge in [0.2, 0.25) is 0 Å². The summed E-state index contributed by atoms with van der Waals surface area (Å²) < 4.78 is 1.69. The van der Waals surface area contributed by atoms with Gasteiger partial charge < -0.3 is 0 Å². The summed E-state index contributed by atoms with van der Waals surface area (Å²) in [5, 5.41) is 15.1. The Labute approximate surface area is 143 Å². The molecular weight excluding hydrogens is 322 g/mol. The average molecular weight is 337 g/mol. The van der Waals surface area contributed by atoms with E-state index in [9.17, 15) is 10.1 Å². The number of hydrogen-bond donors (Lipinski definition) is 0. The quantitative estimate of drug-likeness (QED) is 0.385. The van der Waals surface area contributed by atoms with E-state index < -0.39 is 4.92 Å². The molecule has 2 aromatic carbocycles. The van der Waals surface area contributed by atoms with Gasteiger partial charge in [0.15, 0.2) is 0 Å². The summed E-state index contributed by atoms with van der Waals surface area (Å²) in [6.07, 6.45) is 7.83. The van der Waals surface area contributed by atoms with Crippen molar-refractivity contribution in [1.82, 2.24) is 9.78 Å². The number of rotatable bonds is 5. The predicted octanol–water partition coefficient (Wildman–Crippen LogP) is 4.67. The Balaban J connectivity index is 1.74. The number of nitrogens with zero attached hydrogens (tertiary/aromatic N) is 3. The summed E-state index contributed by atoms with van der Waals surface area (Å²) in [6, 6.07) is 16.5. The molecule has 6 heteroatoms. The highest BCUT2D eigenvalue weighted by molar-refractivity contribution is 7.98. The van der Waals surface area contributed by atoms with Crippen LogP contribution in [0.5, 0.6) is 0 Å². The van der Waals surface area contributed by atoms with Crippen LogP contribution in [0.25, 0.3) is 17.8 Å². The molecule has 1 aromatic heterocycles. The zero-order valence-corrected chi connectivity index (χ0v) is 13.8. The highest BCUT2D eigenvalue weighted by Gasteiger charge is 2.05. The Morgan fingerprint density at radius 3 is 2.38 bits per heavy atom. The normalized spacial score (nSPS) is 11.0. The molecule has 120 valence electrons. The molecule has 0 atom stereocenters. The molecule has 0 unspecified atom stereocenters. The van der Waals surface area contributed by atoms with Crippen LogP contribution in [0.1, 0.15) is 11.3 Å². The average Bonchev–Trinajstić information content (AvgIpc) is 3.09. The predicted molar refractivity (Wildman–Crippen MR) is 97.4 cm³/mol. The summed E-state index contributed by atoms with van der Waals surface area (Å²) in [5.74, 6) is 0. The van der Waals surface area contributed by atoms with E-state index in [1.807, 2.05) is 24.4 Å². The maximum Gasteiger partial charge on any atom is 0.269 e. The van der Waals surface area contributed by atoms with Crippen LogP contribution in [0.2, 0.25) is 0 Å². The Morgan fingerprint density at radius 2 is 1.75 bits per heavy atom. The first kappa shape index (κ1) is 16.0. The van der Waals surface area contributed by atoms with Gasteiger partial charge in [0, 0.05) is 23.2 Å². The van der Waals surface area contributed by atoms with Crippen molar-refractivity contribution in [3.8, 4) is 5.69 Å².